The van der Waals surface area contributed by atoms with Gasteiger partial charge < -0.3 is 4.74 Å². The van der Waals surface area contributed by atoms with Gasteiger partial charge >= 0.3 is 6.09 Å². The van der Waals surface area contributed by atoms with Gasteiger partial charge in [0.05, 0.1) is 22.3 Å². The Balaban J connectivity index is 2.31. The molecular weight excluding hydrogens is 327 g/mol. The van der Waals surface area contributed by atoms with Crippen LogP contribution >= 0.6 is 23.2 Å². The number of carbonyl (C=O) groups excluding carboxylic acids is 1. The zero-order valence-electron chi connectivity index (χ0n) is 11.9. The van der Waals surface area contributed by atoms with Gasteiger partial charge in [0, 0.05) is 11.6 Å². The maximum Gasteiger partial charge on any atom is 0.438 e. The predicted molar refractivity (Wildman–Crippen MR) is 85.6 cm³/mol. The van der Waals surface area contributed by atoms with E-state index < -0.39 is 11.7 Å². The number of aromatic nitrogens is 2. The maximum absolute atomic E-state index is 11.9. The Morgan fingerprint density at radius 1 is 1.23 bits per heavy atom. The summed E-state index contributed by atoms with van der Waals surface area (Å²) < 4.78 is 5.70. The first-order chi connectivity index (χ1) is 10.5. The summed E-state index contributed by atoms with van der Waals surface area (Å²) in [6, 6.07) is 7.71. The number of ether oxygens (including phenoxy) is 1. The summed E-state index contributed by atoms with van der Waals surface area (Å²) >= 11 is 11.8. The molecule has 0 spiro atoms. The zero-order valence-corrected chi connectivity index (χ0v) is 13.4. The van der Waals surface area contributed by atoms with E-state index in [1.165, 1.54) is 12.1 Å². The molecule has 0 aliphatic heterocycles. The quantitative estimate of drug-likeness (QED) is 0.789. The van der Waals surface area contributed by atoms with Crippen molar-refractivity contribution in [2.24, 2.45) is 0 Å². The summed E-state index contributed by atoms with van der Waals surface area (Å²) in [6.07, 6.45) is 0.826. The SMILES string of the molecule is CCCCOC(=O)n1nc(-c2ccc(Cl)c(Cl)c2)ccc1=O. The summed E-state index contributed by atoms with van der Waals surface area (Å²) in [5, 5.41) is 4.80. The van der Waals surface area contributed by atoms with Crippen LogP contribution < -0.4 is 5.56 Å². The molecule has 0 atom stereocenters. The van der Waals surface area contributed by atoms with Crippen molar-refractivity contribution in [3.63, 3.8) is 0 Å². The highest BCUT2D eigenvalue weighted by Crippen LogP contribution is 2.27. The van der Waals surface area contributed by atoms with Gasteiger partial charge in [0.25, 0.3) is 5.56 Å². The van der Waals surface area contributed by atoms with Crippen LogP contribution in [-0.4, -0.2) is 22.5 Å². The van der Waals surface area contributed by atoms with E-state index in [0.29, 0.717) is 26.0 Å². The number of halogens is 2. The van der Waals surface area contributed by atoms with Crippen LogP contribution in [0.15, 0.2) is 35.1 Å². The van der Waals surface area contributed by atoms with Gasteiger partial charge in [-0.25, -0.2) is 4.79 Å². The zero-order chi connectivity index (χ0) is 16.1. The van der Waals surface area contributed by atoms with E-state index in [1.807, 2.05) is 6.92 Å². The molecular formula is C15H14Cl2N2O3. The van der Waals surface area contributed by atoms with Gasteiger partial charge in [0.1, 0.15) is 0 Å². The number of unbranched alkanes of at least 4 members (excludes halogenated alkanes) is 1. The predicted octanol–water partition coefficient (Wildman–Crippen LogP) is 4.00. The minimum atomic E-state index is -0.791. The Hall–Kier alpha value is -1.85. The van der Waals surface area contributed by atoms with Crippen molar-refractivity contribution in [3.8, 4) is 11.3 Å². The van der Waals surface area contributed by atoms with E-state index in [2.05, 4.69) is 5.10 Å². The third kappa shape index (κ3) is 3.87. The summed E-state index contributed by atoms with van der Waals surface area (Å²) in [4.78, 5) is 23.6. The van der Waals surface area contributed by atoms with E-state index in [1.54, 1.807) is 18.2 Å². The fourth-order valence-electron chi connectivity index (χ4n) is 1.72. The summed E-state index contributed by atoms with van der Waals surface area (Å²) in [5.41, 5.74) is 0.514. The Morgan fingerprint density at radius 2 is 2.00 bits per heavy atom. The average molecular weight is 341 g/mol. The summed E-state index contributed by atoms with van der Waals surface area (Å²) in [7, 11) is 0. The average Bonchev–Trinajstić information content (AvgIpc) is 2.50. The topological polar surface area (TPSA) is 61.2 Å². The second-order valence-electron chi connectivity index (χ2n) is 4.57. The van der Waals surface area contributed by atoms with Crippen molar-refractivity contribution in [2.45, 2.75) is 19.8 Å². The Labute approximate surface area is 137 Å². The van der Waals surface area contributed by atoms with E-state index in [0.717, 1.165) is 12.8 Å². The van der Waals surface area contributed by atoms with Crippen LogP contribution in [-0.2, 0) is 4.74 Å². The van der Waals surface area contributed by atoms with Gasteiger partial charge in [-0.15, -0.1) is 4.68 Å². The Kier molecular flexibility index (Phi) is 5.57. The molecule has 0 fully saturated rings. The van der Waals surface area contributed by atoms with Crippen LogP contribution in [0.25, 0.3) is 11.3 Å². The molecule has 116 valence electrons. The van der Waals surface area contributed by atoms with Crippen molar-refractivity contribution < 1.29 is 9.53 Å². The van der Waals surface area contributed by atoms with Gasteiger partial charge in [-0.2, -0.15) is 5.10 Å². The van der Waals surface area contributed by atoms with E-state index in [4.69, 9.17) is 27.9 Å². The normalized spacial score (nSPS) is 10.5. The first kappa shape index (κ1) is 16.5. The molecule has 0 bridgehead atoms. The second kappa shape index (κ2) is 7.42. The monoisotopic (exact) mass is 340 g/mol. The number of nitrogens with zero attached hydrogens (tertiary/aromatic N) is 2. The molecule has 0 aliphatic rings. The molecule has 1 aromatic heterocycles. The Bertz CT molecular complexity index is 744. The van der Waals surface area contributed by atoms with Gasteiger partial charge in [-0.3, -0.25) is 4.79 Å². The Morgan fingerprint density at radius 3 is 2.68 bits per heavy atom. The van der Waals surface area contributed by atoms with Gasteiger partial charge in [0.15, 0.2) is 0 Å². The molecule has 7 heteroatoms. The fourth-order valence-corrected chi connectivity index (χ4v) is 2.01. The fraction of sp³-hybridized carbons (Fsp3) is 0.267. The van der Waals surface area contributed by atoms with Crippen molar-refractivity contribution in [3.05, 3.63) is 50.7 Å². The van der Waals surface area contributed by atoms with Crippen molar-refractivity contribution >= 4 is 29.3 Å². The van der Waals surface area contributed by atoms with Gasteiger partial charge in [-0.1, -0.05) is 42.6 Å². The second-order valence-corrected chi connectivity index (χ2v) is 5.38. The third-order valence-corrected chi connectivity index (χ3v) is 3.65. The maximum atomic E-state index is 11.9. The summed E-state index contributed by atoms with van der Waals surface area (Å²) in [6.45, 7) is 2.23. The number of hydrogen-bond donors (Lipinski definition) is 0. The number of carbonyl (C=O) groups is 1. The van der Waals surface area contributed by atoms with Crippen LogP contribution in [0.2, 0.25) is 10.0 Å². The van der Waals surface area contributed by atoms with E-state index in [-0.39, 0.29) is 6.61 Å². The number of rotatable bonds is 4. The molecule has 5 nitrogen and oxygen atoms in total. The van der Waals surface area contributed by atoms with Crippen molar-refractivity contribution in [2.75, 3.05) is 6.61 Å². The first-order valence-corrected chi connectivity index (χ1v) is 7.51. The first-order valence-electron chi connectivity index (χ1n) is 6.76. The smallest absolute Gasteiger partial charge is 0.438 e. The van der Waals surface area contributed by atoms with Gasteiger partial charge in [-0.05, 0) is 24.6 Å². The van der Waals surface area contributed by atoms with Crippen molar-refractivity contribution in [1.29, 1.82) is 0 Å². The molecule has 22 heavy (non-hydrogen) atoms. The molecule has 0 amide bonds. The highest BCUT2D eigenvalue weighted by atomic mass is 35.5. The standard InChI is InChI=1S/C15H14Cl2N2O3/c1-2-3-8-22-15(21)19-14(20)7-6-13(18-19)10-4-5-11(16)12(17)9-10/h4-7,9H,2-3,8H2,1H3. The van der Waals surface area contributed by atoms with Crippen LogP contribution in [0, 0.1) is 0 Å². The molecule has 0 aliphatic carbocycles. The largest absolute Gasteiger partial charge is 0.448 e. The molecule has 2 rings (SSSR count). The lowest BCUT2D eigenvalue weighted by Gasteiger charge is -2.07. The molecule has 0 saturated carbocycles. The molecule has 0 saturated heterocycles. The van der Waals surface area contributed by atoms with Gasteiger partial charge in [0.2, 0.25) is 0 Å². The van der Waals surface area contributed by atoms with Crippen molar-refractivity contribution in [1.82, 2.24) is 9.78 Å². The minimum Gasteiger partial charge on any atom is -0.448 e. The van der Waals surface area contributed by atoms with Crippen LogP contribution in [0.5, 0.6) is 0 Å². The molecule has 0 unspecified atom stereocenters. The van der Waals surface area contributed by atoms with Crippen LogP contribution in [0.1, 0.15) is 19.8 Å². The van der Waals surface area contributed by atoms with Crippen LogP contribution in [0.3, 0.4) is 0 Å². The highest BCUT2D eigenvalue weighted by Gasteiger charge is 2.12. The lowest BCUT2D eigenvalue weighted by molar-refractivity contribution is 0.141. The third-order valence-electron chi connectivity index (χ3n) is 2.91. The molecule has 1 aromatic carbocycles. The molecule has 1 heterocycles. The lowest BCUT2D eigenvalue weighted by atomic mass is 10.1. The number of hydrogen-bond acceptors (Lipinski definition) is 4. The van der Waals surface area contributed by atoms with Crippen LogP contribution in [0.4, 0.5) is 4.79 Å². The molecule has 0 radical (unpaired) electrons. The van der Waals surface area contributed by atoms with E-state index in [9.17, 15) is 9.59 Å². The molecule has 2 aromatic rings. The lowest BCUT2D eigenvalue weighted by Crippen LogP contribution is -2.30. The number of benzene rings is 1. The van der Waals surface area contributed by atoms with E-state index >= 15 is 0 Å². The summed E-state index contributed by atoms with van der Waals surface area (Å²) in [5.74, 6) is 0. The molecule has 0 N–H and O–H groups in total. The minimum absolute atomic E-state index is 0.250. The highest BCUT2D eigenvalue weighted by molar-refractivity contribution is 6.42.